The number of hydrogen-bond donors (Lipinski definition) is 0. The maximum absolute atomic E-state index is 4.44. The number of aromatic nitrogens is 2. The van der Waals surface area contributed by atoms with E-state index in [1.807, 2.05) is 6.20 Å². The summed E-state index contributed by atoms with van der Waals surface area (Å²) in [6, 6.07) is 0. The second-order valence-corrected chi connectivity index (χ2v) is 15.6. The van der Waals surface area contributed by atoms with E-state index in [0.717, 1.165) is 13.7 Å². The van der Waals surface area contributed by atoms with Gasteiger partial charge in [0.05, 0.1) is 11.9 Å². The van der Waals surface area contributed by atoms with Crippen molar-refractivity contribution in [3.63, 3.8) is 0 Å². The standard InChI is InChI=1S/C12H24N2P4/c1-11(2,3)9-8(18(16)17-15)7-13-14-10(9)12(4,5)6/h7,17H,15-16H2,1-6H3. The first-order valence-electron chi connectivity index (χ1n) is 5.96. The minimum absolute atomic E-state index is 0.0382. The molecule has 0 amide bonds. The van der Waals surface area contributed by atoms with E-state index in [1.165, 1.54) is 10.9 Å². The van der Waals surface area contributed by atoms with Crippen LogP contribution in [0.1, 0.15) is 52.8 Å². The molecule has 6 heteroatoms. The summed E-state index contributed by atoms with van der Waals surface area (Å²) in [5, 5.41) is 10.1. The van der Waals surface area contributed by atoms with Crippen molar-refractivity contribution in [3.8, 4) is 0 Å². The highest BCUT2D eigenvalue weighted by Crippen LogP contribution is 2.65. The summed E-state index contributed by atoms with van der Waals surface area (Å²) < 4.78 is 0. The average molecular weight is 320 g/mol. The minimum atomic E-state index is -0.217. The van der Waals surface area contributed by atoms with Gasteiger partial charge in [-0.2, -0.15) is 10.2 Å². The summed E-state index contributed by atoms with van der Waals surface area (Å²) in [5.74, 6) is 0. The van der Waals surface area contributed by atoms with Crippen LogP contribution in [0.2, 0.25) is 0 Å². The lowest BCUT2D eigenvalue weighted by Crippen LogP contribution is -2.30. The first-order valence-corrected chi connectivity index (χ1v) is 12.6. The van der Waals surface area contributed by atoms with Crippen molar-refractivity contribution in [2.45, 2.75) is 52.4 Å². The van der Waals surface area contributed by atoms with Crippen molar-refractivity contribution < 1.29 is 0 Å². The third kappa shape index (κ3) is 3.90. The predicted octanol–water partition coefficient (Wildman–Crippen LogP) is 4.35. The molecule has 0 saturated heterocycles. The van der Waals surface area contributed by atoms with E-state index in [0.29, 0.717) is 0 Å². The maximum Gasteiger partial charge on any atom is 0.0728 e. The van der Waals surface area contributed by atoms with E-state index in [2.05, 4.69) is 69.6 Å². The van der Waals surface area contributed by atoms with Crippen LogP contribution in [0.5, 0.6) is 0 Å². The maximum atomic E-state index is 4.44. The predicted molar refractivity (Wildman–Crippen MR) is 93.7 cm³/mol. The molecule has 0 aliphatic carbocycles. The SMILES string of the molecule is CC(C)(C)c1nncc(P(P)PP)c1C(C)(C)C. The number of nitrogens with zero attached hydrogens (tertiary/aromatic N) is 2. The zero-order valence-corrected chi connectivity index (χ0v) is 16.3. The highest BCUT2D eigenvalue weighted by Gasteiger charge is 2.30. The largest absolute Gasteiger partial charge is 0.158 e. The molecule has 0 bridgehead atoms. The zero-order valence-electron chi connectivity index (χ0n) is 12.1. The van der Waals surface area contributed by atoms with E-state index >= 15 is 0 Å². The summed E-state index contributed by atoms with van der Waals surface area (Å²) in [6.45, 7) is 13.4. The first kappa shape index (κ1) is 16.9. The molecule has 0 radical (unpaired) electrons. The van der Waals surface area contributed by atoms with E-state index < -0.39 is 0 Å². The molecular weight excluding hydrogens is 296 g/mol. The van der Waals surface area contributed by atoms with Gasteiger partial charge in [0.25, 0.3) is 0 Å². The van der Waals surface area contributed by atoms with Gasteiger partial charge < -0.3 is 0 Å². The molecule has 0 aliphatic heterocycles. The van der Waals surface area contributed by atoms with Crippen molar-refractivity contribution in [1.82, 2.24) is 10.2 Å². The molecule has 4 atom stereocenters. The third-order valence-electron chi connectivity index (χ3n) is 2.69. The number of hydrogen-bond acceptors (Lipinski definition) is 2. The minimum Gasteiger partial charge on any atom is -0.158 e. The Morgan fingerprint density at radius 1 is 1.11 bits per heavy atom. The normalized spacial score (nSPS) is 15.3. The van der Waals surface area contributed by atoms with E-state index in [4.69, 9.17) is 0 Å². The summed E-state index contributed by atoms with van der Waals surface area (Å²) in [5.41, 5.74) is 2.68. The lowest BCUT2D eigenvalue weighted by Gasteiger charge is -2.31. The van der Waals surface area contributed by atoms with Crippen molar-refractivity contribution >= 4 is 38.4 Å². The molecule has 0 aliphatic rings. The van der Waals surface area contributed by atoms with Crippen molar-refractivity contribution in [1.29, 1.82) is 0 Å². The highest BCUT2D eigenvalue weighted by molar-refractivity contribution is 8.63. The molecular formula is C12H24N2P4. The monoisotopic (exact) mass is 320 g/mol. The lowest BCUT2D eigenvalue weighted by molar-refractivity contribution is 0.509. The van der Waals surface area contributed by atoms with E-state index in [1.54, 1.807) is 0 Å². The van der Waals surface area contributed by atoms with Crippen LogP contribution >= 0.6 is 33.1 Å². The van der Waals surface area contributed by atoms with Crippen LogP contribution in [0.15, 0.2) is 6.20 Å². The molecule has 2 nitrogen and oxygen atoms in total. The highest BCUT2D eigenvalue weighted by atomic mass is 32.6. The topological polar surface area (TPSA) is 25.8 Å². The van der Waals surface area contributed by atoms with Gasteiger partial charge in [-0.25, -0.2) is 0 Å². The van der Waals surface area contributed by atoms with Crippen molar-refractivity contribution in [2.24, 2.45) is 0 Å². The molecule has 1 rings (SSSR count). The Morgan fingerprint density at radius 3 is 2.06 bits per heavy atom. The van der Waals surface area contributed by atoms with Crippen LogP contribution in [0, 0.1) is 0 Å². The fourth-order valence-corrected chi connectivity index (χ4v) is 5.66. The van der Waals surface area contributed by atoms with Gasteiger partial charge in [0.2, 0.25) is 0 Å². The fourth-order valence-electron chi connectivity index (χ4n) is 1.89. The van der Waals surface area contributed by atoms with Crippen molar-refractivity contribution in [2.75, 3.05) is 0 Å². The Morgan fingerprint density at radius 2 is 1.67 bits per heavy atom. The Kier molecular flexibility index (Phi) is 5.67. The van der Waals surface area contributed by atoms with Gasteiger partial charge in [-0.15, -0.1) is 17.9 Å². The Hall–Kier alpha value is 0.800. The Labute approximate surface area is 119 Å². The van der Waals surface area contributed by atoms with Gasteiger partial charge in [0.15, 0.2) is 0 Å². The van der Waals surface area contributed by atoms with Crippen LogP contribution in [-0.2, 0) is 10.8 Å². The third-order valence-corrected chi connectivity index (χ3v) is 12.7. The molecule has 0 saturated carbocycles. The van der Waals surface area contributed by atoms with Gasteiger partial charge in [-0.3, -0.25) is 0 Å². The Balaban J connectivity index is 3.56. The molecule has 4 unspecified atom stereocenters. The van der Waals surface area contributed by atoms with Crippen LogP contribution in [0.3, 0.4) is 0 Å². The van der Waals surface area contributed by atoms with Crippen molar-refractivity contribution in [3.05, 3.63) is 17.5 Å². The summed E-state index contributed by atoms with van der Waals surface area (Å²) >= 11 is 0. The molecule has 1 aromatic rings. The summed E-state index contributed by atoms with van der Waals surface area (Å²) in [7, 11) is 6.48. The lowest BCUT2D eigenvalue weighted by atomic mass is 9.79. The molecule has 0 spiro atoms. The molecule has 18 heavy (non-hydrogen) atoms. The zero-order chi connectivity index (χ0) is 14.1. The summed E-state index contributed by atoms with van der Waals surface area (Å²) in [6.07, 6.45) is 1.96. The molecule has 102 valence electrons. The van der Waals surface area contributed by atoms with Gasteiger partial charge in [-0.05, 0) is 18.3 Å². The average Bonchev–Trinajstić information content (AvgIpc) is 2.24. The van der Waals surface area contributed by atoms with Crippen LogP contribution in [-0.4, -0.2) is 10.2 Å². The van der Waals surface area contributed by atoms with Crippen LogP contribution in [0.25, 0.3) is 0 Å². The second-order valence-electron chi connectivity index (χ2n) is 6.45. The molecule has 0 aromatic carbocycles. The quantitative estimate of drug-likeness (QED) is 0.757. The van der Waals surface area contributed by atoms with E-state index in [-0.39, 0.29) is 18.1 Å². The molecule has 0 fully saturated rings. The van der Waals surface area contributed by atoms with Gasteiger partial charge >= 0.3 is 0 Å². The Bertz CT molecular complexity index is 421. The fraction of sp³-hybridized carbons (Fsp3) is 0.667. The number of rotatable bonds is 2. The van der Waals surface area contributed by atoms with E-state index in [9.17, 15) is 0 Å². The molecule has 0 N–H and O–H groups in total. The summed E-state index contributed by atoms with van der Waals surface area (Å²) in [4.78, 5) is 0. The van der Waals surface area contributed by atoms with Crippen LogP contribution in [0.4, 0.5) is 0 Å². The molecule has 1 heterocycles. The first-order chi connectivity index (χ1) is 8.09. The van der Waals surface area contributed by atoms with Gasteiger partial charge in [0.1, 0.15) is 0 Å². The van der Waals surface area contributed by atoms with Crippen LogP contribution < -0.4 is 5.30 Å². The smallest absolute Gasteiger partial charge is 0.0728 e. The van der Waals surface area contributed by atoms with Gasteiger partial charge in [-0.1, -0.05) is 49.5 Å². The second kappa shape index (κ2) is 6.06. The molecule has 1 aromatic heterocycles. The van der Waals surface area contributed by atoms with Gasteiger partial charge in [0, 0.05) is 10.7 Å².